The summed E-state index contributed by atoms with van der Waals surface area (Å²) in [5.41, 5.74) is 2.77. The Balaban J connectivity index is 0.00000338. The maximum Gasteiger partial charge on any atom is 0.263 e. The Morgan fingerprint density at radius 3 is 2.38 bits per heavy atom. The summed E-state index contributed by atoms with van der Waals surface area (Å²) in [7, 11) is 6.44. The fourth-order valence-electron chi connectivity index (χ4n) is 3.35. The molecular formula is C20H33IN2O3. The first-order valence-corrected chi connectivity index (χ1v) is 9.05. The molecule has 0 saturated heterocycles. The van der Waals surface area contributed by atoms with Gasteiger partial charge >= 0.3 is 0 Å². The van der Waals surface area contributed by atoms with E-state index >= 15 is 0 Å². The van der Waals surface area contributed by atoms with Crippen molar-refractivity contribution in [2.24, 2.45) is 0 Å². The van der Waals surface area contributed by atoms with Gasteiger partial charge in [0, 0.05) is 24.9 Å². The number of phenols is 1. The van der Waals surface area contributed by atoms with Gasteiger partial charge in [-0.15, -0.1) is 0 Å². The van der Waals surface area contributed by atoms with Crippen molar-refractivity contribution in [2.45, 2.75) is 52.6 Å². The number of carbonyl (C=O) groups excluding carboxylic acids is 1. The van der Waals surface area contributed by atoms with Crippen LogP contribution in [0.15, 0.2) is 0 Å². The number of nitrogens with zero attached hydrogens (tertiary/aromatic N) is 1. The summed E-state index contributed by atoms with van der Waals surface area (Å²) in [5.74, 6) is 1.05. The molecule has 1 unspecified atom stereocenters. The maximum absolute atomic E-state index is 12.7. The van der Waals surface area contributed by atoms with Crippen LogP contribution >= 0.6 is 0 Å². The number of fused-ring (bicyclic) bond motifs is 1. The number of phenolic OH excluding ortho intramolecular Hbond substituents is 1. The summed E-state index contributed by atoms with van der Waals surface area (Å²) in [4.78, 5) is 12.7. The molecule has 148 valence electrons. The first kappa shape index (κ1) is 23.0. The first-order valence-electron chi connectivity index (χ1n) is 9.05. The van der Waals surface area contributed by atoms with Gasteiger partial charge in [0.15, 0.2) is 5.60 Å². The van der Waals surface area contributed by atoms with Crippen molar-refractivity contribution in [1.29, 1.82) is 0 Å². The SMILES string of the molecule is Cc1c(C)c2c(c(C)c1O)CCC(C)(C(=O)NCCC[N+](C)(C)C)O2.[I-]. The average Bonchev–Trinajstić information content (AvgIpc) is 2.53. The molecule has 1 aliphatic heterocycles. The second-order valence-corrected chi connectivity index (χ2v) is 8.49. The molecular weight excluding hydrogens is 443 g/mol. The van der Waals surface area contributed by atoms with Gasteiger partial charge in [0.25, 0.3) is 5.91 Å². The molecule has 1 aromatic carbocycles. The third-order valence-corrected chi connectivity index (χ3v) is 5.29. The Bertz CT molecular complexity index is 683. The number of quaternary nitrogens is 1. The second-order valence-electron chi connectivity index (χ2n) is 8.49. The smallest absolute Gasteiger partial charge is 0.263 e. The zero-order valence-corrected chi connectivity index (χ0v) is 19.3. The fourth-order valence-corrected chi connectivity index (χ4v) is 3.35. The van der Waals surface area contributed by atoms with E-state index in [4.69, 9.17) is 4.74 Å². The molecule has 1 aliphatic rings. The molecule has 2 rings (SSSR count). The molecule has 26 heavy (non-hydrogen) atoms. The number of carbonyl (C=O) groups is 1. The summed E-state index contributed by atoms with van der Waals surface area (Å²) in [6, 6.07) is 0. The van der Waals surface area contributed by atoms with E-state index in [9.17, 15) is 9.90 Å². The minimum Gasteiger partial charge on any atom is -1.00 e. The molecule has 1 amide bonds. The highest BCUT2D eigenvalue weighted by Gasteiger charge is 2.40. The molecule has 5 nitrogen and oxygen atoms in total. The number of halogens is 1. The lowest BCUT2D eigenvalue weighted by Crippen LogP contribution is -3.00. The zero-order chi connectivity index (χ0) is 19.0. The van der Waals surface area contributed by atoms with Gasteiger partial charge in [-0.3, -0.25) is 4.79 Å². The van der Waals surface area contributed by atoms with Crippen LogP contribution in [0, 0.1) is 20.8 Å². The van der Waals surface area contributed by atoms with Gasteiger partial charge in [-0.05, 0) is 50.8 Å². The Morgan fingerprint density at radius 2 is 1.81 bits per heavy atom. The maximum atomic E-state index is 12.7. The van der Waals surface area contributed by atoms with E-state index < -0.39 is 5.60 Å². The second kappa shape index (κ2) is 8.33. The van der Waals surface area contributed by atoms with Gasteiger partial charge < -0.3 is 43.6 Å². The number of rotatable bonds is 5. The number of benzene rings is 1. The highest BCUT2D eigenvalue weighted by molar-refractivity contribution is 5.85. The Kier molecular flexibility index (Phi) is 7.38. The third-order valence-electron chi connectivity index (χ3n) is 5.29. The monoisotopic (exact) mass is 476 g/mol. The van der Waals surface area contributed by atoms with E-state index in [1.165, 1.54) is 0 Å². The molecule has 0 bridgehead atoms. The average molecular weight is 476 g/mol. The lowest BCUT2D eigenvalue weighted by Gasteiger charge is -2.36. The topological polar surface area (TPSA) is 58.6 Å². The number of nitrogens with one attached hydrogen (secondary N) is 1. The van der Waals surface area contributed by atoms with Crippen molar-refractivity contribution in [1.82, 2.24) is 5.32 Å². The standard InChI is InChI=1S/C20H32N2O3.HI/c1-13-14(2)18-16(15(3)17(13)23)9-10-20(4,25-18)19(24)21-11-8-12-22(5,6)7;/h8-12H2,1-7H3,(H-,21,23,24);1H. The number of hydrogen-bond donors (Lipinski definition) is 2. The van der Waals surface area contributed by atoms with Gasteiger partial charge in [-0.2, -0.15) is 0 Å². The summed E-state index contributed by atoms with van der Waals surface area (Å²) < 4.78 is 7.09. The predicted octanol–water partition coefficient (Wildman–Crippen LogP) is -0.382. The Labute approximate surface area is 174 Å². The van der Waals surface area contributed by atoms with Crippen LogP contribution < -0.4 is 34.0 Å². The highest BCUT2D eigenvalue weighted by Crippen LogP contribution is 2.43. The van der Waals surface area contributed by atoms with Crippen LogP contribution in [0.1, 0.15) is 42.0 Å². The van der Waals surface area contributed by atoms with Crippen LogP contribution in [0.4, 0.5) is 0 Å². The van der Waals surface area contributed by atoms with Crippen molar-refractivity contribution < 1.29 is 43.1 Å². The fraction of sp³-hybridized carbons (Fsp3) is 0.650. The molecule has 2 N–H and O–H groups in total. The minimum absolute atomic E-state index is 0. The predicted molar refractivity (Wildman–Crippen MR) is 100 cm³/mol. The molecule has 1 atom stereocenters. The first-order chi connectivity index (χ1) is 11.5. The summed E-state index contributed by atoms with van der Waals surface area (Å²) >= 11 is 0. The normalized spacial score (nSPS) is 19.2. The molecule has 0 fully saturated rings. The van der Waals surface area contributed by atoms with Gasteiger partial charge in [-0.1, -0.05) is 0 Å². The van der Waals surface area contributed by atoms with Crippen molar-refractivity contribution >= 4 is 5.91 Å². The molecule has 0 saturated carbocycles. The van der Waals surface area contributed by atoms with Crippen LogP contribution in [0.25, 0.3) is 0 Å². The summed E-state index contributed by atoms with van der Waals surface area (Å²) in [5, 5.41) is 13.3. The summed E-state index contributed by atoms with van der Waals surface area (Å²) in [6.45, 7) is 9.28. The van der Waals surface area contributed by atoms with Crippen LogP contribution in [0.5, 0.6) is 11.5 Å². The summed E-state index contributed by atoms with van der Waals surface area (Å²) in [6.07, 6.45) is 2.29. The van der Waals surface area contributed by atoms with E-state index in [1.807, 2.05) is 27.7 Å². The number of amides is 1. The van der Waals surface area contributed by atoms with E-state index in [0.29, 0.717) is 18.7 Å². The zero-order valence-electron chi connectivity index (χ0n) is 17.1. The number of ether oxygens (including phenoxy) is 1. The molecule has 0 radical (unpaired) electrons. The van der Waals surface area contributed by atoms with Gasteiger partial charge in [0.2, 0.25) is 0 Å². The Hall–Kier alpha value is -1.02. The largest absolute Gasteiger partial charge is 1.00 e. The Morgan fingerprint density at radius 1 is 1.19 bits per heavy atom. The molecule has 0 aliphatic carbocycles. The lowest BCUT2D eigenvalue weighted by molar-refractivity contribution is -0.870. The van der Waals surface area contributed by atoms with Gasteiger partial charge in [0.05, 0.1) is 27.7 Å². The van der Waals surface area contributed by atoms with Gasteiger partial charge in [0.1, 0.15) is 11.5 Å². The third kappa shape index (κ3) is 4.82. The molecule has 0 spiro atoms. The van der Waals surface area contributed by atoms with Crippen LogP contribution in [-0.2, 0) is 11.2 Å². The minimum atomic E-state index is -0.857. The molecule has 0 aromatic heterocycles. The van der Waals surface area contributed by atoms with Crippen molar-refractivity contribution in [3.63, 3.8) is 0 Å². The van der Waals surface area contributed by atoms with E-state index in [0.717, 1.165) is 51.9 Å². The van der Waals surface area contributed by atoms with Crippen molar-refractivity contribution in [3.8, 4) is 11.5 Å². The molecule has 1 aromatic rings. The quantitative estimate of drug-likeness (QED) is 0.346. The number of hydrogen-bond acceptors (Lipinski definition) is 3. The van der Waals surface area contributed by atoms with E-state index in [-0.39, 0.29) is 29.9 Å². The van der Waals surface area contributed by atoms with Crippen LogP contribution in [0.2, 0.25) is 0 Å². The highest BCUT2D eigenvalue weighted by atomic mass is 127. The van der Waals surface area contributed by atoms with Gasteiger partial charge in [-0.25, -0.2) is 0 Å². The van der Waals surface area contributed by atoms with E-state index in [1.54, 1.807) is 0 Å². The van der Waals surface area contributed by atoms with Crippen LogP contribution in [0.3, 0.4) is 0 Å². The van der Waals surface area contributed by atoms with Crippen molar-refractivity contribution in [2.75, 3.05) is 34.2 Å². The molecule has 1 heterocycles. The van der Waals surface area contributed by atoms with Crippen LogP contribution in [-0.4, -0.2) is 55.3 Å². The lowest BCUT2D eigenvalue weighted by atomic mass is 9.86. The van der Waals surface area contributed by atoms with Crippen molar-refractivity contribution in [3.05, 3.63) is 22.3 Å². The van der Waals surface area contributed by atoms with E-state index in [2.05, 4.69) is 26.5 Å². The number of aromatic hydroxyl groups is 1. The molecule has 6 heteroatoms.